The van der Waals surface area contributed by atoms with Crippen LogP contribution in [0.3, 0.4) is 0 Å². The SMILES string of the molecule is C=C(C)COc1c(OC)cccc1[C@@H](CC(=O)OC)c1c(O)cc(C)n(CCc2cnc[nH]2)c1=O. The van der Waals surface area contributed by atoms with Gasteiger partial charge in [-0.05, 0) is 31.6 Å². The maximum atomic E-state index is 13.7. The van der Waals surface area contributed by atoms with E-state index in [1.165, 1.54) is 20.3 Å². The van der Waals surface area contributed by atoms with Gasteiger partial charge in [-0.2, -0.15) is 0 Å². The normalized spacial score (nSPS) is 11.7. The van der Waals surface area contributed by atoms with Crippen molar-refractivity contribution in [2.45, 2.75) is 39.2 Å². The molecule has 0 spiro atoms. The number of ether oxygens (including phenoxy) is 3. The number of rotatable bonds is 11. The lowest BCUT2D eigenvalue weighted by molar-refractivity contribution is -0.140. The molecular formula is C26H31N3O6. The monoisotopic (exact) mass is 481 g/mol. The van der Waals surface area contributed by atoms with Crippen LogP contribution in [0, 0.1) is 6.92 Å². The van der Waals surface area contributed by atoms with E-state index in [0.29, 0.717) is 35.7 Å². The van der Waals surface area contributed by atoms with E-state index in [0.717, 1.165) is 11.3 Å². The quantitative estimate of drug-likeness (QED) is 0.318. The lowest BCUT2D eigenvalue weighted by Gasteiger charge is -2.23. The van der Waals surface area contributed by atoms with Crippen molar-refractivity contribution in [2.75, 3.05) is 20.8 Å². The summed E-state index contributed by atoms with van der Waals surface area (Å²) in [6.07, 6.45) is 3.64. The Balaban J connectivity index is 2.17. The summed E-state index contributed by atoms with van der Waals surface area (Å²) in [5.41, 5.74) is 2.46. The number of pyridine rings is 1. The van der Waals surface area contributed by atoms with E-state index in [-0.39, 0.29) is 24.3 Å². The number of aromatic nitrogens is 3. The molecule has 0 radical (unpaired) electrons. The predicted molar refractivity (Wildman–Crippen MR) is 131 cm³/mol. The predicted octanol–water partition coefficient (Wildman–Crippen LogP) is 3.49. The molecule has 0 aliphatic carbocycles. The number of esters is 1. The highest BCUT2D eigenvalue weighted by atomic mass is 16.5. The highest BCUT2D eigenvalue weighted by molar-refractivity contribution is 5.72. The fourth-order valence-corrected chi connectivity index (χ4v) is 3.96. The lowest BCUT2D eigenvalue weighted by Crippen LogP contribution is -2.29. The number of aryl methyl sites for hydroxylation is 2. The van der Waals surface area contributed by atoms with Crippen LogP contribution in [0.5, 0.6) is 17.2 Å². The molecule has 0 amide bonds. The molecule has 9 nitrogen and oxygen atoms in total. The van der Waals surface area contributed by atoms with Crippen LogP contribution >= 0.6 is 0 Å². The van der Waals surface area contributed by atoms with Crippen molar-refractivity contribution < 1.29 is 24.1 Å². The first kappa shape index (κ1) is 25.6. The minimum Gasteiger partial charge on any atom is -0.507 e. The molecule has 0 unspecified atom stereocenters. The van der Waals surface area contributed by atoms with Crippen molar-refractivity contribution in [3.05, 3.63) is 81.8 Å². The molecule has 186 valence electrons. The van der Waals surface area contributed by atoms with Crippen molar-refractivity contribution in [2.24, 2.45) is 0 Å². The second kappa shape index (κ2) is 11.4. The Morgan fingerprint density at radius 3 is 2.71 bits per heavy atom. The van der Waals surface area contributed by atoms with Gasteiger partial charge < -0.3 is 28.9 Å². The molecule has 3 aromatic rings. The van der Waals surface area contributed by atoms with Gasteiger partial charge in [0.15, 0.2) is 11.5 Å². The summed E-state index contributed by atoms with van der Waals surface area (Å²) in [5, 5.41) is 10.9. The molecule has 3 rings (SSSR count). The van der Waals surface area contributed by atoms with E-state index in [9.17, 15) is 14.7 Å². The number of H-pyrrole nitrogens is 1. The number of nitrogens with zero attached hydrogens (tertiary/aromatic N) is 2. The third-order valence-corrected chi connectivity index (χ3v) is 5.70. The van der Waals surface area contributed by atoms with Crippen LogP contribution in [0.2, 0.25) is 0 Å². The van der Waals surface area contributed by atoms with E-state index in [2.05, 4.69) is 16.5 Å². The summed E-state index contributed by atoms with van der Waals surface area (Å²) in [6, 6.07) is 6.75. The van der Waals surface area contributed by atoms with Gasteiger partial charge >= 0.3 is 5.97 Å². The van der Waals surface area contributed by atoms with E-state index < -0.39 is 17.4 Å². The Hall–Kier alpha value is -4.01. The number of methoxy groups -OCH3 is 2. The molecule has 2 aromatic heterocycles. The molecule has 1 atom stereocenters. The molecule has 0 saturated heterocycles. The van der Waals surface area contributed by atoms with Gasteiger partial charge in [0.05, 0.1) is 32.5 Å². The van der Waals surface area contributed by atoms with Crippen LogP contribution in [0.15, 0.2) is 53.7 Å². The maximum Gasteiger partial charge on any atom is 0.306 e. The number of para-hydroxylation sites is 1. The maximum absolute atomic E-state index is 13.7. The number of nitrogens with one attached hydrogen (secondary N) is 1. The number of aromatic amines is 1. The minimum atomic E-state index is -0.843. The Labute approximate surface area is 204 Å². The van der Waals surface area contributed by atoms with Gasteiger partial charge in [-0.25, -0.2) is 4.98 Å². The summed E-state index contributed by atoms with van der Waals surface area (Å²) in [7, 11) is 2.79. The Morgan fingerprint density at radius 1 is 1.31 bits per heavy atom. The first-order valence-electron chi connectivity index (χ1n) is 11.2. The number of benzene rings is 1. The molecule has 2 heterocycles. The zero-order valence-electron chi connectivity index (χ0n) is 20.5. The van der Waals surface area contributed by atoms with Crippen LogP contribution in [0.4, 0.5) is 0 Å². The third kappa shape index (κ3) is 5.92. The van der Waals surface area contributed by atoms with E-state index in [1.54, 1.807) is 42.2 Å². The first-order chi connectivity index (χ1) is 16.8. The zero-order chi connectivity index (χ0) is 25.5. The molecule has 35 heavy (non-hydrogen) atoms. The standard InChI is InChI=1S/C26H31N3O6/c1-16(2)14-35-25-19(7-6-8-22(25)33-4)20(12-23(31)34-5)24-21(30)11-17(3)29(26(24)32)10-9-18-13-27-15-28-18/h6-8,11,13,15,20,30H,1,9-10,12,14H2,2-5H3,(H,27,28)/t20-/m1/s1. The van der Waals surface area contributed by atoms with Crippen molar-refractivity contribution in [1.29, 1.82) is 0 Å². The Kier molecular flexibility index (Phi) is 8.35. The second-order valence-corrected chi connectivity index (χ2v) is 8.33. The molecular weight excluding hydrogens is 450 g/mol. The average Bonchev–Trinajstić information content (AvgIpc) is 3.34. The van der Waals surface area contributed by atoms with Gasteiger partial charge in [0.25, 0.3) is 5.56 Å². The largest absolute Gasteiger partial charge is 0.507 e. The molecule has 0 saturated carbocycles. The highest BCUT2D eigenvalue weighted by Gasteiger charge is 2.30. The highest BCUT2D eigenvalue weighted by Crippen LogP contribution is 2.42. The van der Waals surface area contributed by atoms with Gasteiger partial charge in [-0.1, -0.05) is 18.7 Å². The van der Waals surface area contributed by atoms with Crippen LogP contribution in [0.25, 0.3) is 0 Å². The second-order valence-electron chi connectivity index (χ2n) is 8.33. The lowest BCUT2D eigenvalue weighted by atomic mass is 9.87. The summed E-state index contributed by atoms with van der Waals surface area (Å²) in [5.74, 6) is -0.774. The number of imidazole rings is 1. The van der Waals surface area contributed by atoms with Crippen molar-refractivity contribution in [1.82, 2.24) is 14.5 Å². The van der Waals surface area contributed by atoms with E-state index in [4.69, 9.17) is 14.2 Å². The summed E-state index contributed by atoms with van der Waals surface area (Å²) in [4.78, 5) is 33.2. The first-order valence-corrected chi connectivity index (χ1v) is 11.2. The number of aromatic hydroxyl groups is 1. The van der Waals surface area contributed by atoms with Crippen LogP contribution in [-0.2, 0) is 22.5 Å². The number of hydrogen-bond donors (Lipinski definition) is 2. The van der Waals surface area contributed by atoms with Crippen molar-refractivity contribution in [3.8, 4) is 17.2 Å². The molecule has 9 heteroatoms. The number of hydrogen-bond acceptors (Lipinski definition) is 7. The molecule has 0 aliphatic rings. The topological polar surface area (TPSA) is 116 Å². The van der Waals surface area contributed by atoms with Crippen molar-refractivity contribution >= 4 is 5.97 Å². The number of carbonyl (C=O) groups excluding carboxylic acids is 1. The average molecular weight is 482 g/mol. The van der Waals surface area contributed by atoms with Gasteiger partial charge in [0.2, 0.25) is 0 Å². The van der Waals surface area contributed by atoms with Crippen LogP contribution in [0.1, 0.15) is 41.8 Å². The zero-order valence-corrected chi connectivity index (χ0v) is 20.5. The molecule has 0 aliphatic heterocycles. The fraction of sp³-hybridized carbons (Fsp3) is 0.346. The Bertz CT molecular complexity index is 1250. The molecule has 0 bridgehead atoms. The smallest absolute Gasteiger partial charge is 0.306 e. The summed E-state index contributed by atoms with van der Waals surface area (Å²) in [6.45, 7) is 8.02. The summed E-state index contributed by atoms with van der Waals surface area (Å²) < 4.78 is 18.0. The molecule has 0 fully saturated rings. The number of carbonyl (C=O) groups is 1. The minimum absolute atomic E-state index is 0.0824. The third-order valence-electron chi connectivity index (χ3n) is 5.70. The van der Waals surface area contributed by atoms with Crippen LogP contribution in [-0.4, -0.2) is 46.4 Å². The van der Waals surface area contributed by atoms with Gasteiger partial charge in [-0.15, -0.1) is 0 Å². The molecule has 1 aromatic carbocycles. The Morgan fingerprint density at radius 2 is 2.09 bits per heavy atom. The van der Waals surface area contributed by atoms with Gasteiger partial charge in [-0.3, -0.25) is 9.59 Å². The molecule has 2 N–H and O–H groups in total. The van der Waals surface area contributed by atoms with Gasteiger partial charge in [0, 0.05) is 42.0 Å². The van der Waals surface area contributed by atoms with Crippen molar-refractivity contribution in [3.63, 3.8) is 0 Å². The summed E-state index contributed by atoms with van der Waals surface area (Å²) >= 11 is 0. The van der Waals surface area contributed by atoms with E-state index in [1.807, 2.05) is 6.92 Å². The van der Waals surface area contributed by atoms with Crippen LogP contribution < -0.4 is 15.0 Å². The fourth-order valence-electron chi connectivity index (χ4n) is 3.96. The van der Waals surface area contributed by atoms with E-state index >= 15 is 0 Å². The van der Waals surface area contributed by atoms with Gasteiger partial charge in [0.1, 0.15) is 12.4 Å².